The number of ether oxygens (including phenoxy) is 1. The van der Waals surface area contributed by atoms with Crippen molar-refractivity contribution in [3.05, 3.63) is 40.2 Å². The minimum absolute atomic E-state index is 0.363. The van der Waals surface area contributed by atoms with Crippen LogP contribution in [0.15, 0.2) is 30.3 Å². The Bertz CT molecular complexity index is 507. The average molecular weight is 254 g/mol. The van der Waals surface area contributed by atoms with E-state index in [1.54, 1.807) is 18.2 Å². The van der Waals surface area contributed by atoms with Gasteiger partial charge < -0.3 is 4.74 Å². The lowest BCUT2D eigenvalue weighted by Crippen LogP contribution is -1.96. The number of carbonyl (C=O) groups is 1. The smallest absolute Gasteiger partial charge is 0.349 e. The van der Waals surface area contributed by atoms with Gasteiger partial charge in [0.2, 0.25) is 0 Å². The van der Waals surface area contributed by atoms with Crippen LogP contribution in [0.2, 0.25) is 5.02 Å². The highest BCUT2D eigenvalue weighted by molar-refractivity contribution is 7.08. The van der Waals surface area contributed by atoms with E-state index >= 15 is 0 Å². The van der Waals surface area contributed by atoms with Gasteiger partial charge in [-0.2, -0.15) is 4.37 Å². The van der Waals surface area contributed by atoms with Crippen molar-refractivity contribution in [3.8, 4) is 11.3 Å². The number of halogens is 1. The molecule has 0 atom stereocenters. The van der Waals surface area contributed by atoms with Crippen LogP contribution in [0, 0.1) is 0 Å². The summed E-state index contributed by atoms with van der Waals surface area (Å²) in [5, 5.41) is 0.673. The van der Waals surface area contributed by atoms with Gasteiger partial charge in [0, 0.05) is 10.6 Å². The Kier molecular flexibility index (Phi) is 3.22. The van der Waals surface area contributed by atoms with Crippen LogP contribution in [0.3, 0.4) is 0 Å². The molecule has 3 nitrogen and oxygen atoms in total. The Hall–Kier alpha value is -1.39. The van der Waals surface area contributed by atoms with E-state index in [1.807, 2.05) is 12.1 Å². The summed E-state index contributed by atoms with van der Waals surface area (Å²) in [6.45, 7) is 0. The average Bonchev–Trinajstić information content (AvgIpc) is 2.78. The molecule has 0 saturated heterocycles. The summed E-state index contributed by atoms with van der Waals surface area (Å²) in [5.74, 6) is -0.363. The van der Waals surface area contributed by atoms with Crippen LogP contribution >= 0.6 is 23.1 Å². The zero-order valence-electron chi connectivity index (χ0n) is 8.44. The van der Waals surface area contributed by atoms with Gasteiger partial charge in [0.1, 0.15) is 4.88 Å². The van der Waals surface area contributed by atoms with Gasteiger partial charge in [0.25, 0.3) is 0 Å². The molecule has 0 unspecified atom stereocenters. The topological polar surface area (TPSA) is 39.2 Å². The summed E-state index contributed by atoms with van der Waals surface area (Å²) in [6.07, 6.45) is 0. The monoisotopic (exact) mass is 253 g/mol. The van der Waals surface area contributed by atoms with Gasteiger partial charge in [-0.05, 0) is 29.7 Å². The Labute approximate surface area is 102 Å². The second-order valence-electron chi connectivity index (χ2n) is 3.07. The fraction of sp³-hybridized carbons (Fsp3) is 0.0909. The van der Waals surface area contributed by atoms with Crippen LogP contribution in [-0.4, -0.2) is 17.5 Å². The summed E-state index contributed by atoms with van der Waals surface area (Å²) >= 11 is 6.91. The van der Waals surface area contributed by atoms with Crippen molar-refractivity contribution in [2.75, 3.05) is 7.11 Å². The molecule has 1 heterocycles. The van der Waals surface area contributed by atoms with Crippen LogP contribution in [0.1, 0.15) is 9.67 Å². The maximum absolute atomic E-state index is 11.2. The third-order valence-electron chi connectivity index (χ3n) is 2.04. The van der Waals surface area contributed by atoms with Crippen LogP contribution in [-0.2, 0) is 4.74 Å². The minimum Gasteiger partial charge on any atom is -0.465 e. The van der Waals surface area contributed by atoms with Crippen molar-refractivity contribution in [1.29, 1.82) is 0 Å². The quantitative estimate of drug-likeness (QED) is 0.772. The number of esters is 1. The summed E-state index contributed by atoms with van der Waals surface area (Å²) in [5.41, 5.74) is 1.68. The van der Waals surface area contributed by atoms with E-state index in [2.05, 4.69) is 9.11 Å². The molecule has 0 N–H and O–H groups in total. The number of carbonyl (C=O) groups excluding carboxylic acids is 1. The van der Waals surface area contributed by atoms with Gasteiger partial charge in [-0.3, -0.25) is 0 Å². The zero-order valence-corrected chi connectivity index (χ0v) is 10.0. The largest absolute Gasteiger partial charge is 0.465 e. The van der Waals surface area contributed by atoms with Gasteiger partial charge in [0.05, 0.1) is 12.8 Å². The van der Waals surface area contributed by atoms with Gasteiger partial charge in [-0.1, -0.05) is 23.7 Å². The molecule has 0 fully saturated rings. The lowest BCUT2D eigenvalue weighted by atomic mass is 10.1. The standard InChI is InChI=1S/C11H8ClNO2S/c1-15-11(14)10-6-9(13-16-10)7-2-4-8(12)5-3-7/h2-6H,1H3. The van der Waals surface area contributed by atoms with Crippen molar-refractivity contribution in [2.24, 2.45) is 0 Å². The lowest BCUT2D eigenvalue weighted by molar-refractivity contribution is 0.0606. The van der Waals surface area contributed by atoms with Crippen molar-refractivity contribution in [2.45, 2.75) is 0 Å². The number of hydrogen-bond acceptors (Lipinski definition) is 4. The summed E-state index contributed by atoms with van der Waals surface area (Å²) < 4.78 is 8.80. The Balaban J connectivity index is 2.31. The van der Waals surface area contributed by atoms with E-state index in [1.165, 1.54) is 7.11 Å². The number of rotatable bonds is 2. The first-order valence-corrected chi connectivity index (χ1v) is 5.67. The molecule has 0 saturated carbocycles. The molecular weight excluding hydrogens is 246 g/mol. The molecule has 0 aliphatic heterocycles. The first-order valence-electron chi connectivity index (χ1n) is 4.51. The summed E-state index contributed by atoms with van der Waals surface area (Å²) in [6, 6.07) is 9.00. The third-order valence-corrected chi connectivity index (χ3v) is 3.06. The van der Waals surface area contributed by atoms with Crippen molar-refractivity contribution in [1.82, 2.24) is 4.37 Å². The number of benzene rings is 1. The highest BCUT2D eigenvalue weighted by atomic mass is 35.5. The van der Waals surface area contributed by atoms with E-state index in [0.717, 1.165) is 22.8 Å². The zero-order chi connectivity index (χ0) is 11.5. The Morgan fingerprint density at radius 3 is 2.69 bits per heavy atom. The van der Waals surface area contributed by atoms with E-state index in [-0.39, 0.29) is 5.97 Å². The molecule has 0 amide bonds. The van der Waals surface area contributed by atoms with Crippen molar-refractivity contribution in [3.63, 3.8) is 0 Å². The van der Waals surface area contributed by atoms with Gasteiger partial charge >= 0.3 is 5.97 Å². The molecule has 0 radical (unpaired) electrons. The Morgan fingerprint density at radius 2 is 2.06 bits per heavy atom. The predicted molar refractivity (Wildman–Crippen MR) is 63.9 cm³/mol. The van der Waals surface area contributed by atoms with Gasteiger partial charge in [-0.25, -0.2) is 4.79 Å². The van der Waals surface area contributed by atoms with Gasteiger partial charge in [-0.15, -0.1) is 0 Å². The second-order valence-corrected chi connectivity index (χ2v) is 4.32. The molecule has 2 aromatic rings. The van der Waals surface area contributed by atoms with Crippen LogP contribution in [0.5, 0.6) is 0 Å². The minimum atomic E-state index is -0.363. The molecule has 82 valence electrons. The van der Waals surface area contributed by atoms with Crippen molar-refractivity contribution < 1.29 is 9.53 Å². The summed E-state index contributed by atoms with van der Waals surface area (Å²) in [4.78, 5) is 11.7. The molecule has 1 aromatic heterocycles. The highest BCUT2D eigenvalue weighted by Crippen LogP contribution is 2.23. The molecule has 0 aliphatic carbocycles. The van der Waals surface area contributed by atoms with E-state index in [4.69, 9.17) is 11.6 Å². The lowest BCUT2D eigenvalue weighted by Gasteiger charge is -1.95. The SMILES string of the molecule is COC(=O)c1cc(-c2ccc(Cl)cc2)ns1. The molecule has 0 spiro atoms. The van der Waals surface area contributed by atoms with Crippen molar-refractivity contribution >= 4 is 29.1 Å². The maximum Gasteiger partial charge on any atom is 0.349 e. The number of nitrogens with zero attached hydrogens (tertiary/aromatic N) is 1. The fourth-order valence-corrected chi connectivity index (χ4v) is 2.03. The van der Waals surface area contributed by atoms with Crippen LogP contribution in [0.4, 0.5) is 0 Å². The molecule has 0 aliphatic rings. The first-order chi connectivity index (χ1) is 7.70. The molecule has 1 aromatic carbocycles. The summed E-state index contributed by atoms with van der Waals surface area (Å²) in [7, 11) is 1.35. The molecule has 16 heavy (non-hydrogen) atoms. The highest BCUT2D eigenvalue weighted by Gasteiger charge is 2.11. The van der Waals surface area contributed by atoms with Gasteiger partial charge in [0.15, 0.2) is 0 Å². The number of methoxy groups -OCH3 is 1. The van der Waals surface area contributed by atoms with E-state index in [0.29, 0.717) is 9.90 Å². The molecular formula is C11H8ClNO2S. The molecule has 5 heteroatoms. The third kappa shape index (κ3) is 2.23. The van der Waals surface area contributed by atoms with E-state index in [9.17, 15) is 4.79 Å². The van der Waals surface area contributed by atoms with Crippen LogP contribution < -0.4 is 0 Å². The first kappa shape index (κ1) is 11.1. The maximum atomic E-state index is 11.2. The number of aromatic nitrogens is 1. The fourth-order valence-electron chi connectivity index (χ4n) is 1.23. The molecule has 0 bridgehead atoms. The molecule has 2 rings (SSSR count). The van der Waals surface area contributed by atoms with E-state index < -0.39 is 0 Å². The predicted octanol–water partition coefficient (Wildman–Crippen LogP) is 3.25. The Morgan fingerprint density at radius 1 is 1.38 bits per heavy atom. The van der Waals surface area contributed by atoms with Crippen LogP contribution in [0.25, 0.3) is 11.3 Å². The normalized spacial score (nSPS) is 10.1. The second kappa shape index (κ2) is 4.63. The number of hydrogen-bond donors (Lipinski definition) is 0.